The molecular formula is C9H14N2S. The van der Waals surface area contributed by atoms with Crippen molar-refractivity contribution in [1.29, 1.82) is 0 Å². The molecule has 1 aromatic heterocycles. The number of rotatable bonds is 3. The summed E-state index contributed by atoms with van der Waals surface area (Å²) in [6, 6.07) is 0. The van der Waals surface area contributed by atoms with Gasteiger partial charge in [-0.2, -0.15) is 0 Å². The second-order valence-electron chi connectivity index (χ2n) is 3.46. The van der Waals surface area contributed by atoms with E-state index in [1.165, 1.54) is 17.8 Å². The predicted molar refractivity (Wildman–Crippen MR) is 51.1 cm³/mol. The summed E-state index contributed by atoms with van der Waals surface area (Å²) in [5, 5.41) is 3.32. The van der Waals surface area contributed by atoms with Crippen LogP contribution in [0.5, 0.6) is 0 Å². The lowest BCUT2D eigenvalue weighted by Crippen LogP contribution is -2.33. The van der Waals surface area contributed by atoms with E-state index in [0.29, 0.717) is 0 Å². The molecule has 2 atom stereocenters. The second-order valence-corrected chi connectivity index (χ2v) is 4.44. The van der Waals surface area contributed by atoms with Crippen molar-refractivity contribution in [3.05, 3.63) is 16.6 Å². The fraction of sp³-hybridized carbons (Fsp3) is 0.667. The predicted octanol–water partition coefficient (Wildman–Crippen LogP) is 1.67. The number of hydrogen-bond acceptors (Lipinski definition) is 3. The van der Waals surface area contributed by atoms with Crippen LogP contribution in [0, 0.1) is 11.8 Å². The first kappa shape index (κ1) is 8.20. The largest absolute Gasteiger partial charge is 0.330 e. The Hall–Kier alpha value is -0.410. The van der Waals surface area contributed by atoms with Gasteiger partial charge in [-0.15, -0.1) is 11.3 Å². The van der Waals surface area contributed by atoms with E-state index >= 15 is 0 Å². The number of thiazole rings is 1. The molecular weight excluding hydrogens is 168 g/mol. The van der Waals surface area contributed by atoms with Crippen molar-refractivity contribution in [2.24, 2.45) is 17.6 Å². The van der Waals surface area contributed by atoms with Crippen LogP contribution in [-0.2, 0) is 6.42 Å². The van der Waals surface area contributed by atoms with Crippen LogP contribution in [-0.4, -0.2) is 11.5 Å². The maximum Gasteiger partial charge on any atom is 0.0927 e. The van der Waals surface area contributed by atoms with Gasteiger partial charge in [0.2, 0.25) is 0 Å². The molecule has 0 amide bonds. The zero-order valence-electron chi connectivity index (χ0n) is 7.07. The molecule has 2 rings (SSSR count). The van der Waals surface area contributed by atoms with E-state index in [2.05, 4.69) is 4.98 Å². The van der Waals surface area contributed by atoms with E-state index in [0.717, 1.165) is 24.8 Å². The lowest BCUT2D eigenvalue weighted by molar-refractivity contribution is 0.183. The average molecular weight is 182 g/mol. The summed E-state index contributed by atoms with van der Waals surface area (Å²) in [5.74, 6) is 1.59. The third-order valence-corrected chi connectivity index (χ3v) is 3.60. The Kier molecular flexibility index (Phi) is 2.42. The normalized spacial score (nSPS) is 28.4. The quantitative estimate of drug-likeness (QED) is 0.772. The standard InChI is InChI=1S/C9H14N2S/c10-6-8-2-1-7(8)5-9-11-3-4-12-9/h3-4,7-8H,1-2,5-6,10H2. The van der Waals surface area contributed by atoms with Gasteiger partial charge in [-0.1, -0.05) is 0 Å². The summed E-state index contributed by atoms with van der Waals surface area (Å²) in [6.07, 6.45) is 5.71. The van der Waals surface area contributed by atoms with Crippen molar-refractivity contribution >= 4 is 11.3 Å². The maximum atomic E-state index is 5.64. The van der Waals surface area contributed by atoms with E-state index in [1.807, 2.05) is 11.6 Å². The first-order chi connectivity index (χ1) is 5.90. The molecule has 0 spiro atoms. The van der Waals surface area contributed by atoms with Crippen molar-refractivity contribution in [3.63, 3.8) is 0 Å². The first-order valence-corrected chi connectivity index (χ1v) is 5.36. The van der Waals surface area contributed by atoms with E-state index in [4.69, 9.17) is 5.73 Å². The summed E-state index contributed by atoms with van der Waals surface area (Å²) in [6.45, 7) is 0.857. The van der Waals surface area contributed by atoms with Crippen molar-refractivity contribution in [1.82, 2.24) is 4.98 Å². The van der Waals surface area contributed by atoms with Crippen LogP contribution in [0.1, 0.15) is 17.8 Å². The zero-order valence-corrected chi connectivity index (χ0v) is 7.89. The second kappa shape index (κ2) is 3.54. The zero-order chi connectivity index (χ0) is 8.39. The molecule has 1 aromatic rings. The molecule has 3 heteroatoms. The van der Waals surface area contributed by atoms with Gasteiger partial charge in [-0.05, 0) is 31.2 Å². The van der Waals surface area contributed by atoms with E-state index < -0.39 is 0 Å². The van der Waals surface area contributed by atoms with Gasteiger partial charge in [0.1, 0.15) is 0 Å². The minimum atomic E-state index is 0.772. The molecule has 0 radical (unpaired) electrons. The minimum Gasteiger partial charge on any atom is -0.330 e. The highest BCUT2D eigenvalue weighted by Crippen LogP contribution is 2.36. The summed E-state index contributed by atoms with van der Waals surface area (Å²) >= 11 is 1.76. The molecule has 1 fully saturated rings. The topological polar surface area (TPSA) is 38.9 Å². The van der Waals surface area contributed by atoms with Gasteiger partial charge in [0.25, 0.3) is 0 Å². The van der Waals surface area contributed by atoms with Gasteiger partial charge in [0.15, 0.2) is 0 Å². The first-order valence-electron chi connectivity index (χ1n) is 4.48. The molecule has 2 unspecified atom stereocenters. The van der Waals surface area contributed by atoms with E-state index in [9.17, 15) is 0 Å². The van der Waals surface area contributed by atoms with Gasteiger partial charge in [-0.25, -0.2) is 4.98 Å². The van der Waals surface area contributed by atoms with Crippen molar-refractivity contribution in [2.45, 2.75) is 19.3 Å². The average Bonchev–Trinajstić information content (AvgIpc) is 2.51. The van der Waals surface area contributed by atoms with Crippen LogP contribution in [0.15, 0.2) is 11.6 Å². The Morgan fingerprint density at radius 1 is 1.50 bits per heavy atom. The Bertz CT molecular complexity index is 231. The summed E-state index contributed by atoms with van der Waals surface area (Å²) in [4.78, 5) is 4.28. The number of nitrogens with two attached hydrogens (primary N) is 1. The SMILES string of the molecule is NCC1CCC1Cc1nccs1. The molecule has 0 bridgehead atoms. The van der Waals surface area contributed by atoms with Gasteiger partial charge >= 0.3 is 0 Å². The highest BCUT2D eigenvalue weighted by molar-refractivity contribution is 7.09. The summed E-state index contributed by atoms with van der Waals surface area (Å²) in [5.41, 5.74) is 5.64. The van der Waals surface area contributed by atoms with Crippen LogP contribution in [0.2, 0.25) is 0 Å². The minimum absolute atomic E-state index is 0.772. The van der Waals surface area contributed by atoms with Crippen LogP contribution in [0.3, 0.4) is 0 Å². The number of aromatic nitrogens is 1. The number of nitrogens with zero attached hydrogens (tertiary/aromatic N) is 1. The van der Waals surface area contributed by atoms with Crippen LogP contribution in [0.25, 0.3) is 0 Å². The van der Waals surface area contributed by atoms with Crippen LogP contribution in [0.4, 0.5) is 0 Å². The molecule has 0 aliphatic heterocycles. The van der Waals surface area contributed by atoms with Crippen molar-refractivity contribution in [3.8, 4) is 0 Å². The van der Waals surface area contributed by atoms with Gasteiger partial charge in [0.05, 0.1) is 5.01 Å². The summed E-state index contributed by atoms with van der Waals surface area (Å²) < 4.78 is 0. The molecule has 1 heterocycles. The molecule has 0 aromatic carbocycles. The maximum absolute atomic E-state index is 5.64. The summed E-state index contributed by atoms with van der Waals surface area (Å²) in [7, 11) is 0. The van der Waals surface area contributed by atoms with Crippen LogP contribution >= 0.6 is 11.3 Å². The van der Waals surface area contributed by atoms with Crippen molar-refractivity contribution in [2.75, 3.05) is 6.54 Å². The Balaban J connectivity index is 1.88. The van der Waals surface area contributed by atoms with Gasteiger partial charge in [-0.3, -0.25) is 0 Å². The molecule has 2 nitrogen and oxygen atoms in total. The highest BCUT2D eigenvalue weighted by Gasteiger charge is 2.29. The molecule has 12 heavy (non-hydrogen) atoms. The molecule has 2 N–H and O–H groups in total. The fourth-order valence-electron chi connectivity index (χ4n) is 1.80. The van der Waals surface area contributed by atoms with Gasteiger partial charge in [0, 0.05) is 18.0 Å². The molecule has 1 aliphatic carbocycles. The number of hydrogen-bond donors (Lipinski definition) is 1. The third kappa shape index (κ3) is 1.52. The molecule has 66 valence electrons. The van der Waals surface area contributed by atoms with E-state index in [1.54, 1.807) is 11.3 Å². The smallest absolute Gasteiger partial charge is 0.0927 e. The van der Waals surface area contributed by atoms with Crippen molar-refractivity contribution < 1.29 is 0 Å². The Morgan fingerprint density at radius 3 is 2.83 bits per heavy atom. The molecule has 0 saturated heterocycles. The molecule has 1 aliphatic rings. The lowest BCUT2D eigenvalue weighted by atomic mass is 9.72. The van der Waals surface area contributed by atoms with Crippen LogP contribution < -0.4 is 5.73 Å². The molecule has 1 saturated carbocycles. The highest BCUT2D eigenvalue weighted by atomic mass is 32.1. The fourth-order valence-corrected chi connectivity index (χ4v) is 2.51. The third-order valence-electron chi connectivity index (χ3n) is 2.80. The Morgan fingerprint density at radius 2 is 2.33 bits per heavy atom. The Labute approximate surface area is 76.8 Å². The van der Waals surface area contributed by atoms with Gasteiger partial charge < -0.3 is 5.73 Å². The monoisotopic (exact) mass is 182 g/mol. The lowest BCUT2D eigenvalue weighted by Gasteiger charge is -2.35. The van der Waals surface area contributed by atoms with E-state index in [-0.39, 0.29) is 0 Å².